The minimum atomic E-state index is -0.0405. The van der Waals surface area contributed by atoms with Crippen LogP contribution < -0.4 is 5.56 Å². The summed E-state index contributed by atoms with van der Waals surface area (Å²) in [4.78, 5) is 14.1. The van der Waals surface area contributed by atoms with Crippen LogP contribution in [0.4, 0.5) is 0 Å². The van der Waals surface area contributed by atoms with Crippen molar-refractivity contribution in [1.29, 1.82) is 0 Å². The van der Waals surface area contributed by atoms with E-state index in [4.69, 9.17) is 4.74 Å². The van der Waals surface area contributed by atoms with Gasteiger partial charge < -0.3 is 4.74 Å². The van der Waals surface area contributed by atoms with Crippen molar-refractivity contribution in [2.75, 3.05) is 19.7 Å². The van der Waals surface area contributed by atoms with Crippen molar-refractivity contribution in [2.45, 2.75) is 52.3 Å². The molecule has 0 saturated carbocycles. The number of aromatic nitrogens is 2. The van der Waals surface area contributed by atoms with Crippen LogP contribution in [0.5, 0.6) is 0 Å². The van der Waals surface area contributed by atoms with Crippen molar-refractivity contribution in [3.05, 3.63) is 28.2 Å². The Morgan fingerprint density at radius 3 is 3.00 bits per heavy atom. The lowest BCUT2D eigenvalue weighted by molar-refractivity contribution is -0.0123. The molecule has 1 fully saturated rings. The molecule has 5 heteroatoms. The van der Waals surface area contributed by atoms with Gasteiger partial charge in [0.2, 0.25) is 0 Å². The van der Waals surface area contributed by atoms with Gasteiger partial charge in [-0.15, -0.1) is 0 Å². The summed E-state index contributed by atoms with van der Waals surface area (Å²) in [6.07, 6.45) is 4.90. The van der Waals surface area contributed by atoms with Gasteiger partial charge in [-0.3, -0.25) is 9.69 Å². The van der Waals surface area contributed by atoms with Crippen molar-refractivity contribution in [3.63, 3.8) is 0 Å². The van der Waals surface area contributed by atoms with Crippen LogP contribution in [0.25, 0.3) is 0 Å². The number of hydrogen-bond donors (Lipinski definition) is 0. The van der Waals surface area contributed by atoms with Crippen LogP contribution in [-0.2, 0) is 11.4 Å². The summed E-state index contributed by atoms with van der Waals surface area (Å²) in [5, 5.41) is 4.31. The third kappa shape index (κ3) is 4.42. The van der Waals surface area contributed by atoms with E-state index in [0.29, 0.717) is 12.8 Å². The summed E-state index contributed by atoms with van der Waals surface area (Å²) in [7, 11) is 0. The van der Waals surface area contributed by atoms with E-state index < -0.39 is 0 Å². The second-order valence-electron chi connectivity index (χ2n) is 5.52. The summed E-state index contributed by atoms with van der Waals surface area (Å²) in [6, 6.07) is 3.34. The Morgan fingerprint density at radius 1 is 1.45 bits per heavy atom. The Hall–Kier alpha value is -1.20. The van der Waals surface area contributed by atoms with Crippen LogP contribution in [0.15, 0.2) is 16.9 Å². The fraction of sp³-hybridized carbons (Fsp3) is 0.733. The van der Waals surface area contributed by atoms with Crippen LogP contribution in [0, 0.1) is 6.92 Å². The fourth-order valence-corrected chi connectivity index (χ4v) is 2.62. The van der Waals surface area contributed by atoms with Gasteiger partial charge >= 0.3 is 0 Å². The van der Waals surface area contributed by atoms with Crippen molar-refractivity contribution in [1.82, 2.24) is 14.7 Å². The molecule has 2 heterocycles. The molecule has 20 heavy (non-hydrogen) atoms. The number of rotatable bonds is 6. The average molecular weight is 279 g/mol. The number of ether oxygens (including phenoxy) is 1. The van der Waals surface area contributed by atoms with E-state index in [-0.39, 0.29) is 5.56 Å². The molecule has 0 radical (unpaired) electrons. The summed E-state index contributed by atoms with van der Waals surface area (Å²) < 4.78 is 7.35. The molecular weight excluding hydrogens is 254 g/mol. The predicted molar refractivity (Wildman–Crippen MR) is 78.7 cm³/mol. The lowest BCUT2D eigenvalue weighted by Gasteiger charge is -2.29. The standard InChI is InChI=1S/C15H25N3O2/c1-3-9-17(11-14-6-4-5-10-20-14)12-18-15(19)8-7-13(2)16-18/h7-8,14H,3-6,9-12H2,1-2H3/t14-/m0/s1. The van der Waals surface area contributed by atoms with Crippen LogP contribution in [0.3, 0.4) is 0 Å². The van der Waals surface area contributed by atoms with E-state index in [1.807, 2.05) is 6.92 Å². The lowest BCUT2D eigenvalue weighted by atomic mass is 10.1. The average Bonchev–Trinajstić information content (AvgIpc) is 2.44. The highest BCUT2D eigenvalue weighted by Crippen LogP contribution is 2.14. The Morgan fingerprint density at radius 2 is 2.30 bits per heavy atom. The van der Waals surface area contributed by atoms with Gasteiger partial charge in [0.25, 0.3) is 5.56 Å². The SMILES string of the molecule is CCCN(C[C@@H]1CCCCO1)Cn1nc(C)ccc1=O. The summed E-state index contributed by atoms with van der Waals surface area (Å²) in [5.41, 5.74) is 0.830. The highest BCUT2D eigenvalue weighted by Gasteiger charge is 2.18. The van der Waals surface area contributed by atoms with Crippen molar-refractivity contribution < 1.29 is 4.74 Å². The van der Waals surface area contributed by atoms with Crippen LogP contribution >= 0.6 is 0 Å². The maximum absolute atomic E-state index is 11.8. The second kappa shape index (κ2) is 7.55. The minimum Gasteiger partial charge on any atom is -0.377 e. The quantitative estimate of drug-likeness (QED) is 0.796. The number of hydrogen-bond acceptors (Lipinski definition) is 4. The zero-order chi connectivity index (χ0) is 14.4. The number of nitrogens with zero attached hydrogens (tertiary/aromatic N) is 3. The van der Waals surface area contributed by atoms with Gasteiger partial charge in [-0.2, -0.15) is 5.10 Å². The fourth-order valence-electron chi connectivity index (χ4n) is 2.62. The second-order valence-corrected chi connectivity index (χ2v) is 5.52. The van der Waals surface area contributed by atoms with Gasteiger partial charge in [-0.25, -0.2) is 4.68 Å². The third-order valence-corrected chi connectivity index (χ3v) is 3.61. The van der Waals surface area contributed by atoms with Crippen LogP contribution in [0.2, 0.25) is 0 Å². The van der Waals surface area contributed by atoms with Crippen molar-refractivity contribution >= 4 is 0 Å². The number of aryl methyl sites for hydroxylation is 1. The Labute approximate surface area is 120 Å². The molecule has 0 bridgehead atoms. The predicted octanol–water partition coefficient (Wildman–Crippen LogP) is 1.79. The van der Waals surface area contributed by atoms with Gasteiger partial charge in [-0.1, -0.05) is 6.92 Å². The molecule has 0 amide bonds. The highest BCUT2D eigenvalue weighted by atomic mass is 16.5. The van der Waals surface area contributed by atoms with E-state index in [1.54, 1.807) is 16.8 Å². The molecule has 1 atom stereocenters. The molecule has 0 N–H and O–H groups in total. The molecule has 5 nitrogen and oxygen atoms in total. The molecule has 1 aromatic rings. The smallest absolute Gasteiger partial charge is 0.267 e. The Kier molecular flexibility index (Phi) is 5.73. The maximum atomic E-state index is 11.8. The van der Waals surface area contributed by atoms with Crippen molar-refractivity contribution in [3.8, 4) is 0 Å². The zero-order valence-electron chi connectivity index (χ0n) is 12.5. The Bertz CT molecular complexity index is 466. The molecule has 0 spiro atoms. The molecule has 1 aromatic heterocycles. The topological polar surface area (TPSA) is 47.4 Å². The van der Waals surface area contributed by atoms with Crippen molar-refractivity contribution in [2.24, 2.45) is 0 Å². The third-order valence-electron chi connectivity index (χ3n) is 3.61. The molecule has 112 valence electrons. The summed E-state index contributed by atoms with van der Waals surface area (Å²) in [6.45, 7) is 7.32. The van der Waals surface area contributed by atoms with E-state index >= 15 is 0 Å². The summed E-state index contributed by atoms with van der Waals surface area (Å²) in [5.74, 6) is 0. The minimum absolute atomic E-state index is 0.0405. The summed E-state index contributed by atoms with van der Waals surface area (Å²) >= 11 is 0. The molecule has 0 aromatic carbocycles. The van der Waals surface area contributed by atoms with Gasteiger partial charge in [0.15, 0.2) is 0 Å². The largest absolute Gasteiger partial charge is 0.377 e. The van der Waals surface area contributed by atoms with Gasteiger partial charge in [0.1, 0.15) is 0 Å². The highest BCUT2D eigenvalue weighted by molar-refractivity contribution is 4.96. The maximum Gasteiger partial charge on any atom is 0.267 e. The lowest BCUT2D eigenvalue weighted by Crippen LogP contribution is -2.40. The van der Waals surface area contributed by atoms with E-state index in [9.17, 15) is 4.79 Å². The van der Waals surface area contributed by atoms with E-state index in [0.717, 1.165) is 38.2 Å². The van der Waals surface area contributed by atoms with Gasteiger partial charge in [-0.05, 0) is 45.2 Å². The van der Waals surface area contributed by atoms with Crippen LogP contribution in [0.1, 0.15) is 38.3 Å². The first kappa shape index (κ1) is 15.2. The molecule has 1 saturated heterocycles. The van der Waals surface area contributed by atoms with E-state index in [1.165, 1.54) is 12.8 Å². The first-order valence-electron chi connectivity index (χ1n) is 7.57. The normalized spacial score (nSPS) is 19.4. The first-order valence-corrected chi connectivity index (χ1v) is 7.57. The van der Waals surface area contributed by atoms with E-state index in [2.05, 4.69) is 16.9 Å². The molecular formula is C15H25N3O2. The first-order chi connectivity index (χ1) is 9.69. The Balaban J connectivity index is 2.00. The molecule has 0 aliphatic carbocycles. The van der Waals surface area contributed by atoms with Gasteiger partial charge in [0.05, 0.1) is 18.5 Å². The molecule has 0 unspecified atom stereocenters. The zero-order valence-corrected chi connectivity index (χ0v) is 12.5. The molecule has 2 rings (SSSR count). The monoisotopic (exact) mass is 279 g/mol. The van der Waals surface area contributed by atoms with Gasteiger partial charge in [0, 0.05) is 19.2 Å². The molecule has 1 aliphatic rings. The molecule has 1 aliphatic heterocycles. The van der Waals surface area contributed by atoms with Crippen LogP contribution in [-0.4, -0.2) is 40.5 Å².